The lowest BCUT2D eigenvalue weighted by Crippen LogP contribution is -2.33. The zero-order valence-electron chi connectivity index (χ0n) is 12.0. The summed E-state index contributed by atoms with van der Waals surface area (Å²) < 4.78 is 0.989. The molecule has 110 valence electrons. The summed E-state index contributed by atoms with van der Waals surface area (Å²) in [5.41, 5.74) is 1.82. The summed E-state index contributed by atoms with van der Waals surface area (Å²) in [7, 11) is 0. The lowest BCUT2D eigenvalue weighted by atomic mass is 10.1. The van der Waals surface area contributed by atoms with Crippen molar-refractivity contribution >= 4 is 21.8 Å². The molecule has 0 spiro atoms. The Labute approximate surface area is 128 Å². The van der Waals surface area contributed by atoms with Gasteiger partial charge in [-0.25, -0.2) is 0 Å². The van der Waals surface area contributed by atoms with Gasteiger partial charge >= 0.3 is 0 Å². The van der Waals surface area contributed by atoms with E-state index in [1.54, 1.807) is 6.92 Å². The number of nitrogens with zero attached hydrogens (tertiary/aromatic N) is 2. The summed E-state index contributed by atoms with van der Waals surface area (Å²) in [5.74, 6) is 0.522. The molecule has 1 aliphatic heterocycles. The maximum atomic E-state index is 11.4. The van der Waals surface area contributed by atoms with Crippen molar-refractivity contribution in [3.05, 3.63) is 27.7 Å². The Hall–Kier alpha value is -1.07. The molecule has 1 aromatic rings. The van der Waals surface area contributed by atoms with Gasteiger partial charge in [0.2, 0.25) is 5.91 Å². The van der Waals surface area contributed by atoms with Crippen molar-refractivity contribution in [2.75, 3.05) is 26.2 Å². The highest BCUT2D eigenvalue weighted by Gasteiger charge is 2.18. The van der Waals surface area contributed by atoms with Crippen LogP contribution in [0.5, 0.6) is 5.75 Å². The van der Waals surface area contributed by atoms with Gasteiger partial charge in [-0.1, -0.05) is 15.9 Å². The van der Waals surface area contributed by atoms with E-state index in [4.69, 9.17) is 0 Å². The number of carbonyl (C=O) groups is 1. The quantitative estimate of drug-likeness (QED) is 0.899. The number of aryl methyl sites for hydroxylation is 1. The van der Waals surface area contributed by atoms with Crippen LogP contribution in [-0.4, -0.2) is 47.0 Å². The molecule has 1 N–H and O–H groups in total. The van der Waals surface area contributed by atoms with Gasteiger partial charge in [0, 0.05) is 49.7 Å². The van der Waals surface area contributed by atoms with E-state index in [0.29, 0.717) is 5.75 Å². The second kappa shape index (κ2) is 6.59. The lowest BCUT2D eigenvalue weighted by molar-refractivity contribution is -0.128. The molecule has 1 saturated heterocycles. The smallest absolute Gasteiger partial charge is 0.219 e. The largest absolute Gasteiger partial charge is 0.507 e. The van der Waals surface area contributed by atoms with Crippen LogP contribution in [0.15, 0.2) is 16.6 Å². The number of phenols is 1. The Morgan fingerprint density at radius 2 is 2.05 bits per heavy atom. The molecule has 1 aromatic carbocycles. The molecule has 1 heterocycles. The Kier molecular flexibility index (Phi) is 5.05. The van der Waals surface area contributed by atoms with Crippen LogP contribution in [0.2, 0.25) is 0 Å². The van der Waals surface area contributed by atoms with Gasteiger partial charge in [-0.15, -0.1) is 0 Å². The van der Waals surface area contributed by atoms with Crippen LogP contribution in [0.4, 0.5) is 0 Å². The summed E-state index contributed by atoms with van der Waals surface area (Å²) in [6.45, 7) is 7.65. The molecule has 1 fully saturated rings. The minimum atomic E-state index is 0.146. The highest BCUT2D eigenvalue weighted by Crippen LogP contribution is 2.28. The van der Waals surface area contributed by atoms with Crippen molar-refractivity contribution in [1.82, 2.24) is 9.80 Å². The topological polar surface area (TPSA) is 43.8 Å². The van der Waals surface area contributed by atoms with E-state index >= 15 is 0 Å². The van der Waals surface area contributed by atoms with Crippen molar-refractivity contribution in [3.8, 4) is 5.75 Å². The fourth-order valence-electron chi connectivity index (χ4n) is 2.61. The van der Waals surface area contributed by atoms with E-state index in [1.807, 2.05) is 24.0 Å². The molecular formula is C15H21BrN2O2. The zero-order chi connectivity index (χ0) is 14.7. The maximum Gasteiger partial charge on any atom is 0.219 e. The van der Waals surface area contributed by atoms with E-state index in [2.05, 4.69) is 20.8 Å². The van der Waals surface area contributed by atoms with Crippen LogP contribution in [-0.2, 0) is 11.3 Å². The Morgan fingerprint density at radius 1 is 1.30 bits per heavy atom. The lowest BCUT2D eigenvalue weighted by Gasteiger charge is -2.22. The van der Waals surface area contributed by atoms with E-state index in [-0.39, 0.29) is 5.91 Å². The molecule has 0 radical (unpaired) electrons. The van der Waals surface area contributed by atoms with Crippen LogP contribution in [0.25, 0.3) is 0 Å². The SMILES string of the molecule is CC(=O)N1CCCN(Cc2cc(Br)cc(C)c2O)CC1. The van der Waals surface area contributed by atoms with Gasteiger partial charge in [0.05, 0.1) is 0 Å². The van der Waals surface area contributed by atoms with Gasteiger partial charge < -0.3 is 10.0 Å². The van der Waals surface area contributed by atoms with E-state index < -0.39 is 0 Å². The maximum absolute atomic E-state index is 11.4. The highest BCUT2D eigenvalue weighted by atomic mass is 79.9. The monoisotopic (exact) mass is 340 g/mol. The Balaban J connectivity index is 2.05. The third kappa shape index (κ3) is 3.73. The fourth-order valence-corrected chi connectivity index (χ4v) is 3.23. The summed E-state index contributed by atoms with van der Waals surface area (Å²) >= 11 is 3.47. The van der Waals surface area contributed by atoms with Crippen LogP contribution >= 0.6 is 15.9 Å². The second-order valence-corrected chi connectivity index (χ2v) is 6.28. The summed E-state index contributed by atoms with van der Waals surface area (Å²) in [6.07, 6.45) is 0.979. The first-order chi connectivity index (χ1) is 9.47. The molecule has 0 atom stereocenters. The first-order valence-corrected chi connectivity index (χ1v) is 7.72. The molecule has 0 bridgehead atoms. The van der Waals surface area contributed by atoms with Gasteiger partial charge in [-0.3, -0.25) is 9.69 Å². The van der Waals surface area contributed by atoms with Gasteiger partial charge in [-0.2, -0.15) is 0 Å². The Morgan fingerprint density at radius 3 is 2.75 bits per heavy atom. The van der Waals surface area contributed by atoms with Crippen LogP contribution in [0.1, 0.15) is 24.5 Å². The Bertz CT molecular complexity index is 505. The second-order valence-electron chi connectivity index (χ2n) is 5.37. The average Bonchev–Trinajstić information content (AvgIpc) is 2.61. The van der Waals surface area contributed by atoms with Gasteiger partial charge in [0.1, 0.15) is 5.75 Å². The van der Waals surface area contributed by atoms with Gasteiger partial charge in [0.25, 0.3) is 0 Å². The fraction of sp³-hybridized carbons (Fsp3) is 0.533. The van der Waals surface area contributed by atoms with Gasteiger partial charge in [-0.05, 0) is 31.0 Å². The minimum Gasteiger partial charge on any atom is -0.507 e. The molecule has 0 aromatic heterocycles. The van der Waals surface area contributed by atoms with Crippen molar-refractivity contribution in [2.24, 2.45) is 0 Å². The predicted molar refractivity (Wildman–Crippen MR) is 82.7 cm³/mol. The molecule has 0 saturated carbocycles. The highest BCUT2D eigenvalue weighted by molar-refractivity contribution is 9.10. The van der Waals surface area contributed by atoms with E-state index in [0.717, 1.165) is 54.7 Å². The molecular weight excluding hydrogens is 320 g/mol. The number of carbonyl (C=O) groups excluding carboxylic acids is 1. The van der Waals surface area contributed by atoms with E-state index in [9.17, 15) is 9.90 Å². The number of phenolic OH excluding ortho intramolecular Hbond substituents is 1. The minimum absolute atomic E-state index is 0.146. The predicted octanol–water partition coefficient (Wildman–Crippen LogP) is 2.52. The standard InChI is InChI=1S/C15H21BrN2O2/c1-11-8-14(16)9-13(15(11)20)10-17-4-3-5-18(7-6-17)12(2)19/h8-9,20H,3-7,10H2,1-2H3. The first kappa shape index (κ1) is 15.3. The number of amides is 1. The number of rotatable bonds is 2. The zero-order valence-corrected chi connectivity index (χ0v) is 13.6. The first-order valence-electron chi connectivity index (χ1n) is 6.93. The number of hydrogen-bond donors (Lipinski definition) is 1. The molecule has 1 aliphatic rings. The van der Waals surface area contributed by atoms with Crippen molar-refractivity contribution in [1.29, 1.82) is 0 Å². The normalized spacial score (nSPS) is 17.1. The van der Waals surface area contributed by atoms with E-state index in [1.165, 1.54) is 0 Å². The van der Waals surface area contributed by atoms with Crippen LogP contribution in [0.3, 0.4) is 0 Å². The summed E-state index contributed by atoms with van der Waals surface area (Å²) in [5, 5.41) is 10.2. The number of benzene rings is 1. The van der Waals surface area contributed by atoms with Gasteiger partial charge in [0.15, 0.2) is 0 Å². The van der Waals surface area contributed by atoms with Crippen molar-refractivity contribution < 1.29 is 9.90 Å². The molecule has 1 amide bonds. The van der Waals surface area contributed by atoms with Crippen LogP contribution in [0, 0.1) is 6.92 Å². The molecule has 0 unspecified atom stereocenters. The molecule has 0 aliphatic carbocycles. The molecule has 20 heavy (non-hydrogen) atoms. The number of halogens is 1. The molecule has 2 rings (SSSR count). The van der Waals surface area contributed by atoms with Crippen LogP contribution < -0.4 is 0 Å². The van der Waals surface area contributed by atoms with Crippen molar-refractivity contribution in [3.63, 3.8) is 0 Å². The summed E-state index contributed by atoms with van der Waals surface area (Å²) in [6, 6.07) is 3.88. The summed E-state index contributed by atoms with van der Waals surface area (Å²) in [4.78, 5) is 15.6. The van der Waals surface area contributed by atoms with Crippen molar-refractivity contribution in [2.45, 2.75) is 26.8 Å². The number of aromatic hydroxyl groups is 1. The molecule has 5 heteroatoms. The third-order valence-electron chi connectivity index (χ3n) is 3.77. The molecule has 4 nitrogen and oxygen atoms in total. The third-order valence-corrected chi connectivity index (χ3v) is 4.23. The number of hydrogen-bond acceptors (Lipinski definition) is 3. The average molecular weight is 341 g/mol.